The molecule has 2 saturated heterocycles. The second-order valence-corrected chi connectivity index (χ2v) is 10.2. The van der Waals surface area contributed by atoms with Crippen molar-refractivity contribution < 1.29 is 22.0 Å². The minimum atomic E-state index is -3.92. The van der Waals surface area contributed by atoms with Crippen molar-refractivity contribution in [2.24, 2.45) is 0 Å². The first-order valence-electron chi connectivity index (χ1n) is 10.6. The molecule has 0 N–H and O–H groups in total. The maximum Gasteiger partial charge on any atom is 0.243 e. The van der Waals surface area contributed by atoms with Crippen molar-refractivity contribution in [3.63, 3.8) is 0 Å². The number of carbonyl (C=O) groups excluding carboxylic acids is 1. The highest BCUT2D eigenvalue weighted by molar-refractivity contribution is 7.89. The van der Waals surface area contributed by atoms with E-state index in [4.69, 9.17) is 0 Å². The first-order valence-corrected chi connectivity index (χ1v) is 12.0. The van der Waals surface area contributed by atoms with E-state index in [1.54, 1.807) is 30.0 Å². The minimum Gasteiger partial charge on any atom is -0.334 e. The van der Waals surface area contributed by atoms with Gasteiger partial charge in [0.1, 0.15) is 11.6 Å². The normalized spacial score (nSPS) is 22.8. The smallest absolute Gasteiger partial charge is 0.243 e. The molecular formula is C23H26F2N2O3S. The molecule has 0 bridgehead atoms. The number of sulfonamides is 1. The summed E-state index contributed by atoms with van der Waals surface area (Å²) in [6, 6.07) is 9.52. The standard InChI is InChI=1S/C23H26F2N2O3S/c1-16-10-11-18(14-20(16)25)31(29,30)27-13-12-21-22(27)8-4-5-9-23(28)26(21)15-17-6-2-3-7-19(17)24/h2-3,6-7,10-11,14,21-22H,4-5,8-9,12-13,15H2,1H3/t21-,22+/m0/s1. The Morgan fingerprint density at radius 1 is 1.00 bits per heavy atom. The van der Waals surface area contributed by atoms with Crippen LogP contribution in [0.25, 0.3) is 0 Å². The van der Waals surface area contributed by atoms with Gasteiger partial charge in [0.25, 0.3) is 0 Å². The van der Waals surface area contributed by atoms with Gasteiger partial charge in [0.15, 0.2) is 0 Å². The van der Waals surface area contributed by atoms with Crippen LogP contribution in [0.5, 0.6) is 0 Å². The molecule has 0 aliphatic carbocycles. The van der Waals surface area contributed by atoms with Gasteiger partial charge >= 0.3 is 0 Å². The van der Waals surface area contributed by atoms with Gasteiger partial charge in [-0.25, -0.2) is 17.2 Å². The predicted molar refractivity (Wildman–Crippen MR) is 113 cm³/mol. The Morgan fingerprint density at radius 3 is 2.52 bits per heavy atom. The number of halogens is 2. The summed E-state index contributed by atoms with van der Waals surface area (Å²) in [5.74, 6) is -1.03. The molecule has 2 aliphatic heterocycles. The van der Waals surface area contributed by atoms with Crippen LogP contribution in [0.1, 0.15) is 43.2 Å². The molecule has 0 radical (unpaired) electrons. The number of rotatable bonds is 4. The molecule has 2 aromatic carbocycles. The van der Waals surface area contributed by atoms with Crippen molar-refractivity contribution in [3.8, 4) is 0 Å². The molecular weight excluding hydrogens is 422 g/mol. The van der Waals surface area contributed by atoms with E-state index in [1.165, 1.54) is 22.5 Å². The Kier molecular flexibility index (Phi) is 6.12. The van der Waals surface area contributed by atoms with E-state index in [-0.39, 0.29) is 35.8 Å². The van der Waals surface area contributed by atoms with E-state index in [1.807, 2.05) is 0 Å². The van der Waals surface area contributed by atoms with Crippen molar-refractivity contribution in [1.82, 2.24) is 9.21 Å². The fourth-order valence-corrected chi connectivity index (χ4v) is 6.36. The lowest BCUT2D eigenvalue weighted by Crippen LogP contribution is -2.49. The Labute approximate surface area is 181 Å². The monoisotopic (exact) mass is 448 g/mol. The molecule has 31 heavy (non-hydrogen) atoms. The van der Waals surface area contributed by atoms with Gasteiger partial charge in [-0.1, -0.05) is 30.7 Å². The summed E-state index contributed by atoms with van der Waals surface area (Å²) in [6.45, 7) is 1.94. The van der Waals surface area contributed by atoms with Gasteiger partial charge in [0, 0.05) is 37.2 Å². The van der Waals surface area contributed by atoms with E-state index in [0.29, 0.717) is 36.8 Å². The van der Waals surface area contributed by atoms with Crippen LogP contribution < -0.4 is 0 Å². The molecule has 166 valence electrons. The van der Waals surface area contributed by atoms with Crippen LogP contribution in [0, 0.1) is 18.6 Å². The summed E-state index contributed by atoms with van der Waals surface area (Å²) in [5.41, 5.74) is 0.794. The third-order valence-electron chi connectivity index (χ3n) is 6.37. The third kappa shape index (κ3) is 4.23. The van der Waals surface area contributed by atoms with Crippen LogP contribution in [0.4, 0.5) is 8.78 Å². The predicted octanol–water partition coefficient (Wildman–Crippen LogP) is 4.01. The van der Waals surface area contributed by atoms with Crippen LogP contribution in [0.2, 0.25) is 0 Å². The van der Waals surface area contributed by atoms with Crippen LogP contribution in [-0.4, -0.2) is 42.2 Å². The summed E-state index contributed by atoms with van der Waals surface area (Å²) >= 11 is 0. The van der Waals surface area contributed by atoms with E-state index < -0.39 is 21.9 Å². The molecule has 2 aliphatic rings. The van der Waals surface area contributed by atoms with E-state index in [0.717, 1.165) is 12.5 Å². The number of amides is 1. The molecule has 2 atom stereocenters. The number of carbonyl (C=O) groups is 1. The number of fused-ring (bicyclic) bond motifs is 1. The van der Waals surface area contributed by atoms with Crippen LogP contribution in [0.3, 0.4) is 0 Å². The van der Waals surface area contributed by atoms with Crippen molar-refractivity contribution in [3.05, 3.63) is 65.2 Å². The van der Waals surface area contributed by atoms with Crippen molar-refractivity contribution in [2.75, 3.05) is 6.54 Å². The quantitative estimate of drug-likeness (QED) is 0.710. The zero-order valence-corrected chi connectivity index (χ0v) is 18.2. The third-order valence-corrected chi connectivity index (χ3v) is 8.29. The zero-order valence-electron chi connectivity index (χ0n) is 17.4. The average molecular weight is 449 g/mol. The summed E-state index contributed by atoms with van der Waals surface area (Å²) in [4.78, 5) is 14.5. The Bertz CT molecular complexity index is 1090. The maximum atomic E-state index is 14.3. The van der Waals surface area contributed by atoms with Crippen molar-refractivity contribution in [1.29, 1.82) is 0 Å². The lowest BCUT2D eigenvalue weighted by Gasteiger charge is -2.37. The first kappa shape index (κ1) is 21.9. The lowest BCUT2D eigenvalue weighted by molar-refractivity contribution is -0.135. The second-order valence-electron chi connectivity index (χ2n) is 8.31. The SMILES string of the molecule is Cc1ccc(S(=O)(=O)N2CC[C@H]3[C@H]2CCCCC(=O)N3Cc2ccccc2F)cc1F. The van der Waals surface area contributed by atoms with E-state index >= 15 is 0 Å². The highest BCUT2D eigenvalue weighted by Crippen LogP contribution is 2.35. The van der Waals surface area contributed by atoms with E-state index in [2.05, 4.69) is 0 Å². The van der Waals surface area contributed by atoms with Gasteiger partial charge in [-0.3, -0.25) is 4.79 Å². The second kappa shape index (κ2) is 8.67. The number of benzene rings is 2. The zero-order chi connectivity index (χ0) is 22.2. The number of likely N-dealkylation sites (tertiary alicyclic amines) is 1. The molecule has 2 fully saturated rings. The molecule has 0 unspecified atom stereocenters. The van der Waals surface area contributed by atoms with Crippen molar-refractivity contribution in [2.45, 2.75) is 62.6 Å². The number of nitrogens with zero attached hydrogens (tertiary/aromatic N) is 2. The molecule has 0 saturated carbocycles. The Hall–Kier alpha value is -2.32. The number of hydrogen-bond acceptors (Lipinski definition) is 3. The van der Waals surface area contributed by atoms with Crippen LogP contribution >= 0.6 is 0 Å². The fourth-order valence-electron chi connectivity index (χ4n) is 4.65. The summed E-state index contributed by atoms with van der Waals surface area (Å²) in [7, 11) is -3.92. The summed E-state index contributed by atoms with van der Waals surface area (Å²) in [5, 5.41) is 0. The van der Waals surface area contributed by atoms with Gasteiger partial charge in [0.05, 0.1) is 4.90 Å². The number of aryl methyl sites for hydroxylation is 1. The molecule has 2 aromatic rings. The fraction of sp³-hybridized carbons (Fsp3) is 0.435. The highest BCUT2D eigenvalue weighted by Gasteiger charge is 2.45. The Morgan fingerprint density at radius 2 is 1.77 bits per heavy atom. The van der Waals surface area contributed by atoms with E-state index in [9.17, 15) is 22.0 Å². The molecule has 2 heterocycles. The van der Waals surface area contributed by atoms with Crippen molar-refractivity contribution >= 4 is 15.9 Å². The lowest BCUT2D eigenvalue weighted by atomic mass is 9.96. The molecule has 4 rings (SSSR count). The van der Waals surface area contributed by atoms with Gasteiger partial charge < -0.3 is 4.90 Å². The summed E-state index contributed by atoms with van der Waals surface area (Å²) in [6.07, 6.45) is 2.84. The van der Waals surface area contributed by atoms with Gasteiger partial charge in [-0.05, 0) is 49.9 Å². The Balaban J connectivity index is 1.66. The van der Waals surface area contributed by atoms with Gasteiger partial charge in [-0.15, -0.1) is 0 Å². The maximum absolute atomic E-state index is 14.3. The molecule has 5 nitrogen and oxygen atoms in total. The summed E-state index contributed by atoms with van der Waals surface area (Å²) < 4.78 is 56.5. The number of hydrogen-bond donors (Lipinski definition) is 0. The topological polar surface area (TPSA) is 57.7 Å². The van der Waals surface area contributed by atoms with Gasteiger partial charge in [-0.2, -0.15) is 4.31 Å². The molecule has 1 amide bonds. The first-order chi connectivity index (χ1) is 14.8. The molecule has 0 spiro atoms. The largest absolute Gasteiger partial charge is 0.334 e. The van der Waals surface area contributed by atoms with Gasteiger partial charge in [0.2, 0.25) is 15.9 Å². The molecule has 8 heteroatoms. The van der Waals surface area contributed by atoms with Crippen LogP contribution in [0.15, 0.2) is 47.4 Å². The molecule has 0 aromatic heterocycles. The minimum absolute atomic E-state index is 0.0784. The van der Waals surface area contributed by atoms with Crippen LogP contribution in [-0.2, 0) is 21.4 Å². The highest BCUT2D eigenvalue weighted by atomic mass is 32.2. The average Bonchev–Trinajstić information content (AvgIpc) is 3.15.